The number of carbonyl (C=O) groups is 2. The summed E-state index contributed by atoms with van der Waals surface area (Å²) in [4.78, 5) is 26.6. The quantitative estimate of drug-likeness (QED) is 0.776. The van der Waals surface area contributed by atoms with Gasteiger partial charge < -0.3 is 4.90 Å². The third-order valence-electron chi connectivity index (χ3n) is 2.48. The fourth-order valence-electron chi connectivity index (χ4n) is 1.40. The highest BCUT2D eigenvalue weighted by Crippen LogP contribution is 2.11. The van der Waals surface area contributed by atoms with Crippen LogP contribution in [0.4, 0.5) is 0 Å². The number of hydrogen-bond acceptors (Lipinski definition) is 3. The van der Waals surface area contributed by atoms with Gasteiger partial charge in [-0.25, -0.2) is 0 Å². The van der Waals surface area contributed by atoms with E-state index in [9.17, 15) is 9.59 Å². The van der Waals surface area contributed by atoms with Crippen molar-refractivity contribution in [3.05, 3.63) is 34.3 Å². The van der Waals surface area contributed by atoms with Crippen molar-refractivity contribution in [1.82, 2.24) is 9.80 Å². The molecule has 0 saturated carbocycles. The molecule has 0 saturated heterocycles. The Hall–Kier alpha value is -1.20. The molecule has 0 heterocycles. The standard InChI is InChI=1S/C13H17BrN2O2/c1-15(2)13(18)9-16(3)8-12(17)10-4-6-11(14)7-5-10/h4-7H,8-9H2,1-3H3. The van der Waals surface area contributed by atoms with Gasteiger partial charge in [0, 0.05) is 24.1 Å². The van der Waals surface area contributed by atoms with Crippen LogP contribution in [-0.2, 0) is 4.79 Å². The van der Waals surface area contributed by atoms with Gasteiger partial charge in [-0.1, -0.05) is 28.1 Å². The normalized spacial score (nSPS) is 10.5. The Kier molecular flexibility index (Phi) is 5.50. The van der Waals surface area contributed by atoms with Gasteiger partial charge in [0.15, 0.2) is 5.78 Å². The van der Waals surface area contributed by atoms with Crippen LogP contribution in [0.2, 0.25) is 0 Å². The molecule has 0 radical (unpaired) electrons. The molecular weight excluding hydrogens is 296 g/mol. The maximum Gasteiger partial charge on any atom is 0.236 e. The molecule has 0 unspecified atom stereocenters. The zero-order valence-electron chi connectivity index (χ0n) is 10.8. The lowest BCUT2D eigenvalue weighted by atomic mass is 10.1. The van der Waals surface area contributed by atoms with Gasteiger partial charge in [-0.15, -0.1) is 0 Å². The molecule has 0 aromatic heterocycles. The monoisotopic (exact) mass is 312 g/mol. The second-order valence-corrected chi connectivity index (χ2v) is 5.31. The predicted molar refractivity (Wildman–Crippen MR) is 74.7 cm³/mol. The van der Waals surface area contributed by atoms with Gasteiger partial charge in [0.2, 0.25) is 5.91 Å². The molecule has 0 atom stereocenters. The van der Waals surface area contributed by atoms with E-state index < -0.39 is 0 Å². The number of nitrogens with zero attached hydrogens (tertiary/aromatic N) is 2. The van der Waals surface area contributed by atoms with E-state index in [4.69, 9.17) is 0 Å². The molecule has 4 nitrogen and oxygen atoms in total. The number of carbonyl (C=O) groups excluding carboxylic acids is 2. The summed E-state index contributed by atoms with van der Waals surface area (Å²) >= 11 is 3.32. The van der Waals surface area contributed by atoms with E-state index >= 15 is 0 Å². The molecule has 0 aliphatic rings. The van der Waals surface area contributed by atoms with Gasteiger partial charge in [0.25, 0.3) is 0 Å². The Morgan fingerprint density at radius 2 is 1.61 bits per heavy atom. The minimum Gasteiger partial charge on any atom is -0.348 e. The first-order valence-corrected chi connectivity index (χ1v) is 6.37. The first-order chi connectivity index (χ1) is 8.40. The number of rotatable bonds is 5. The highest BCUT2D eigenvalue weighted by molar-refractivity contribution is 9.10. The number of hydrogen-bond donors (Lipinski definition) is 0. The first-order valence-electron chi connectivity index (χ1n) is 5.57. The number of halogens is 1. The Morgan fingerprint density at radius 1 is 1.06 bits per heavy atom. The Morgan fingerprint density at radius 3 is 2.11 bits per heavy atom. The molecule has 5 heteroatoms. The minimum atomic E-state index is -0.0129. The Labute approximate surface area is 116 Å². The van der Waals surface area contributed by atoms with E-state index in [-0.39, 0.29) is 24.8 Å². The lowest BCUT2D eigenvalue weighted by Crippen LogP contribution is -2.36. The molecule has 0 bridgehead atoms. The second kappa shape index (κ2) is 6.66. The smallest absolute Gasteiger partial charge is 0.236 e. The lowest BCUT2D eigenvalue weighted by molar-refractivity contribution is -0.129. The van der Waals surface area contributed by atoms with Gasteiger partial charge in [-0.3, -0.25) is 14.5 Å². The third kappa shape index (κ3) is 4.58. The molecule has 0 N–H and O–H groups in total. The molecule has 98 valence electrons. The van der Waals surface area contributed by atoms with Gasteiger partial charge in [-0.2, -0.15) is 0 Å². The van der Waals surface area contributed by atoms with Crippen LogP contribution >= 0.6 is 15.9 Å². The van der Waals surface area contributed by atoms with Crippen LogP contribution in [0.15, 0.2) is 28.7 Å². The van der Waals surface area contributed by atoms with Crippen molar-refractivity contribution < 1.29 is 9.59 Å². The summed E-state index contributed by atoms with van der Waals surface area (Å²) in [5, 5.41) is 0. The summed E-state index contributed by atoms with van der Waals surface area (Å²) in [6, 6.07) is 7.21. The van der Waals surface area contributed by atoms with Crippen molar-refractivity contribution in [3.63, 3.8) is 0 Å². The van der Waals surface area contributed by atoms with Crippen LogP contribution in [0.5, 0.6) is 0 Å². The molecule has 1 aromatic rings. The fraction of sp³-hybridized carbons (Fsp3) is 0.385. The zero-order valence-corrected chi connectivity index (χ0v) is 12.4. The van der Waals surface area contributed by atoms with Crippen molar-refractivity contribution in [1.29, 1.82) is 0 Å². The van der Waals surface area contributed by atoms with E-state index in [1.807, 2.05) is 12.1 Å². The van der Waals surface area contributed by atoms with E-state index in [2.05, 4.69) is 15.9 Å². The largest absolute Gasteiger partial charge is 0.348 e. The van der Waals surface area contributed by atoms with Crippen molar-refractivity contribution in [2.45, 2.75) is 0 Å². The molecule has 0 spiro atoms. The minimum absolute atomic E-state index is 0.0107. The van der Waals surface area contributed by atoms with Gasteiger partial charge in [-0.05, 0) is 19.2 Å². The summed E-state index contributed by atoms with van der Waals surface area (Å²) in [5.74, 6) is -0.00216. The second-order valence-electron chi connectivity index (χ2n) is 4.39. The lowest BCUT2D eigenvalue weighted by Gasteiger charge is -2.18. The zero-order chi connectivity index (χ0) is 13.7. The molecular formula is C13H17BrN2O2. The third-order valence-corrected chi connectivity index (χ3v) is 3.01. The summed E-state index contributed by atoms with van der Waals surface area (Å²) in [6.45, 7) is 0.483. The maximum absolute atomic E-state index is 11.9. The SMILES string of the molecule is CN(CC(=O)c1ccc(Br)cc1)CC(=O)N(C)C. The molecule has 1 rings (SSSR count). The average Bonchev–Trinajstić information content (AvgIpc) is 2.29. The number of likely N-dealkylation sites (N-methyl/N-ethyl adjacent to an activating group) is 2. The van der Waals surface area contributed by atoms with Crippen molar-refractivity contribution in [2.24, 2.45) is 0 Å². The van der Waals surface area contributed by atoms with Crippen LogP contribution in [-0.4, -0.2) is 55.7 Å². The molecule has 18 heavy (non-hydrogen) atoms. The highest BCUT2D eigenvalue weighted by Gasteiger charge is 2.13. The highest BCUT2D eigenvalue weighted by atomic mass is 79.9. The number of amides is 1. The fourth-order valence-corrected chi connectivity index (χ4v) is 1.66. The van der Waals surface area contributed by atoms with Gasteiger partial charge in [0.1, 0.15) is 0 Å². The molecule has 1 aromatic carbocycles. The number of benzene rings is 1. The molecule has 1 amide bonds. The molecule has 0 aliphatic heterocycles. The predicted octanol–water partition coefficient (Wildman–Crippen LogP) is 1.65. The molecule has 0 fully saturated rings. The van der Waals surface area contributed by atoms with Crippen LogP contribution < -0.4 is 0 Å². The summed E-state index contributed by atoms with van der Waals surface area (Å²) in [5.41, 5.74) is 0.655. The average molecular weight is 313 g/mol. The van der Waals surface area contributed by atoms with E-state index in [0.29, 0.717) is 5.56 Å². The number of ketones is 1. The summed E-state index contributed by atoms with van der Waals surface area (Å²) < 4.78 is 0.940. The van der Waals surface area contributed by atoms with Crippen LogP contribution in [0.25, 0.3) is 0 Å². The van der Waals surface area contributed by atoms with E-state index in [0.717, 1.165) is 4.47 Å². The molecule has 0 aliphatic carbocycles. The summed E-state index contributed by atoms with van der Waals surface area (Å²) in [7, 11) is 5.16. The Bertz CT molecular complexity index is 429. The first kappa shape index (κ1) is 14.9. The van der Waals surface area contributed by atoms with Crippen molar-refractivity contribution in [3.8, 4) is 0 Å². The van der Waals surface area contributed by atoms with E-state index in [1.165, 1.54) is 4.90 Å². The van der Waals surface area contributed by atoms with E-state index in [1.54, 1.807) is 38.2 Å². The van der Waals surface area contributed by atoms with Gasteiger partial charge >= 0.3 is 0 Å². The van der Waals surface area contributed by atoms with Crippen molar-refractivity contribution >= 4 is 27.6 Å². The maximum atomic E-state index is 11.9. The summed E-state index contributed by atoms with van der Waals surface area (Å²) in [6.07, 6.45) is 0. The van der Waals surface area contributed by atoms with Crippen molar-refractivity contribution in [2.75, 3.05) is 34.2 Å². The Balaban J connectivity index is 2.54. The van der Waals surface area contributed by atoms with Crippen LogP contribution in [0.1, 0.15) is 10.4 Å². The number of Topliss-reactive ketones (excluding diaryl/α,β-unsaturated/α-hetero) is 1. The van der Waals surface area contributed by atoms with Crippen LogP contribution in [0, 0.1) is 0 Å². The van der Waals surface area contributed by atoms with Gasteiger partial charge in [0.05, 0.1) is 13.1 Å². The topological polar surface area (TPSA) is 40.6 Å². The van der Waals surface area contributed by atoms with Crippen LogP contribution in [0.3, 0.4) is 0 Å².